The van der Waals surface area contributed by atoms with Crippen molar-refractivity contribution in [2.45, 2.75) is 26.4 Å². The Morgan fingerprint density at radius 1 is 0.923 bits per heavy atom. The molecule has 3 aromatic carbocycles. The van der Waals surface area contributed by atoms with Gasteiger partial charge in [-0.15, -0.1) is 10.1 Å². The zero-order valence-corrected chi connectivity index (χ0v) is 22.5. The molecule has 0 aliphatic carbocycles. The van der Waals surface area contributed by atoms with Crippen LogP contribution in [0.4, 0.5) is 11.4 Å². The van der Waals surface area contributed by atoms with E-state index in [0.29, 0.717) is 30.0 Å². The van der Waals surface area contributed by atoms with Gasteiger partial charge in [0, 0.05) is 12.5 Å². The lowest BCUT2D eigenvalue weighted by molar-refractivity contribution is -1.11. The molecule has 0 spiro atoms. The number of hydrogen-bond donors (Lipinski definition) is 2. The van der Waals surface area contributed by atoms with Crippen LogP contribution in [0.25, 0.3) is 0 Å². The molecule has 3 amide bonds. The minimum atomic E-state index is -1.98. The number of carbonyl (C=O) groups is 3. The number of anilines is 2. The average Bonchev–Trinajstić information content (AvgIpc) is 3.23. The van der Waals surface area contributed by atoms with Crippen LogP contribution in [-0.4, -0.2) is 54.2 Å². The predicted octanol–water partition coefficient (Wildman–Crippen LogP) is 3.45. The van der Waals surface area contributed by atoms with Gasteiger partial charge in [0.15, 0.2) is 5.84 Å². The SMILES string of the molecule is CC[N+](CC)(OC)N(c1ccccc1)C1(NC(C)=O)C(=O)N(c2ccccc2)N=C1NC(=O)c1ccccc1. The second-order valence-electron chi connectivity index (χ2n) is 8.92. The minimum absolute atomic E-state index is 0.0642. The molecule has 0 saturated carbocycles. The lowest BCUT2D eigenvalue weighted by Gasteiger charge is -2.49. The largest absolute Gasteiger partial charge is 0.315 e. The fourth-order valence-electron chi connectivity index (χ4n) is 4.81. The van der Waals surface area contributed by atoms with E-state index in [0.717, 1.165) is 0 Å². The molecule has 1 aliphatic heterocycles. The van der Waals surface area contributed by atoms with E-state index in [2.05, 4.69) is 15.7 Å². The monoisotopic (exact) mass is 529 g/mol. The Hall–Kier alpha value is -4.54. The highest BCUT2D eigenvalue weighted by atomic mass is 16.8. The highest BCUT2D eigenvalue weighted by Crippen LogP contribution is 2.37. The number of carbonyl (C=O) groups excluding carboxylic acids is 3. The third-order valence-electron chi connectivity index (χ3n) is 6.68. The molecule has 0 saturated heterocycles. The third kappa shape index (κ3) is 4.99. The number of benzene rings is 3. The van der Waals surface area contributed by atoms with Crippen molar-refractivity contribution < 1.29 is 24.0 Å². The van der Waals surface area contributed by atoms with Gasteiger partial charge in [0.05, 0.1) is 18.5 Å². The number of hydrazone groups is 1. The van der Waals surface area contributed by atoms with Crippen LogP contribution in [0, 0.1) is 0 Å². The van der Waals surface area contributed by atoms with Gasteiger partial charge >= 0.3 is 11.6 Å². The molecule has 0 aromatic heterocycles. The predicted molar refractivity (Wildman–Crippen MR) is 149 cm³/mol. The number of hydrogen-bond acceptors (Lipinski definition) is 6. The molecular formula is C29H33N6O4+. The number of amidine groups is 1. The number of nitrogens with one attached hydrogen (secondary N) is 2. The van der Waals surface area contributed by atoms with Crippen LogP contribution in [0.2, 0.25) is 0 Å². The Morgan fingerprint density at radius 2 is 1.46 bits per heavy atom. The van der Waals surface area contributed by atoms with Crippen LogP contribution in [0.5, 0.6) is 0 Å². The van der Waals surface area contributed by atoms with Gasteiger partial charge in [0.2, 0.25) is 5.91 Å². The number of nitrogens with zero attached hydrogens (tertiary/aromatic N) is 4. The molecule has 1 atom stereocenters. The second kappa shape index (κ2) is 11.5. The normalized spacial score (nSPS) is 17.0. The van der Waals surface area contributed by atoms with E-state index >= 15 is 0 Å². The van der Waals surface area contributed by atoms with Crippen molar-refractivity contribution in [1.82, 2.24) is 10.6 Å². The van der Waals surface area contributed by atoms with Gasteiger partial charge < -0.3 is 10.6 Å². The van der Waals surface area contributed by atoms with Crippen molar-refractivity contribution in [1.29, 1.82) is 0 Å². The molecule has 202 valence electrons. The van der Waals surface area contributed by atoms with Crippen LogP contribution in [0.1, 0.15) is 31.1 Å². The Kier molecular flexibility index (Phi) is 8.08. The quantitative estimate of drug-likeness (QED) is 0.251. The van der Waals surface area contributed by atoms with E-state index < -0.39 is 23.4 Å². The van der Waals surface area contributed by atoms with Crippen LogP contribution < -0.4 is 20.7 Å². The molecule has 0 bridgehead atoms. The maximum absolute atomic E-state index is 14.6. The molecule has 3 aromatic rings. The summed E-state index contributed by atoms with van der Waals surface area (Å²) in [5.74, 6) is -1.63. The lowest BCUT2D eigenvalue weighted by atomic mass is 10.0. The van der Waals surface area contributed by atoms with Crippen molar-refractivity contribution in [3.8, 4) is 0 Å². The van der Waals surface area contributed by atoms with Crippen molar-refractivity contribution in [3.05, 3.63) is 96.6 Å². The molecule has 39 heavy (non-hydrogen) atoms. The molecule has 1 heterocycles. The summed E-state index contributed by atoms with van der Waals surface area (Å²) < 4.78 is -0.196. The molecular weight excluding hydrogens is 496 g/mol. The molecule has 4 rings (SSSR count). The zero-order valence-electron chi connectivity index (χ0n) is 22.5. The lowest BCUT2D eigenvalue weighted by Crippen LogP contribution is -2.80. The topological polar surface area (TPSA) is 103 Å². The van der Waals surface area contributed by atoms with Gasteiger partial charge in [0.25, 0.3) is 5.91 Å². The first-order chi connectivity index (χ1) is 18.8. The van der Waals surface area contributed by atoms with E-state index in [1.54, 1.807) is 59.6 Å². The van der Waals surface area contributed by atoms with E-state index in [9.17, 15) is 14.4 Å². The first kappa shape index (κ1) is 27.5. The van der Waals surface area contributed by atoms with Gasteiger partial charge in [-0.3, -0.25) is 14.4 Å². The Balaban J connectivity index is 2.01. The molecule has 1 aliphatic rings. The number of rotatable bonds is 9. The van der Waals surface area contributed by atoms with Crippen LogP contribution in [0.15, 0.2) is 96.1 Å². The van der Waals surface area contributed by atoms with Crippen LogP contribution in [0.3, 0.4) is 0 Å². The summed E-state index contributed by atoms with van der Waals surface area (Å²) in [5, 5.41) is 13.2. The van der Waals surface area contributed by atoms with Gasteiger partial charge in [0.1, 0.15) is 13.1 Å². The first-order valence-electron chi connectivity index (χ1n) is 12.7. The summed E-state index contributed by atoms with van der Waals surface area (Å²) in [6, 6.07) is 26.6. The van der Waals surface area contributed by atoms with Gasteiger partial charge in [-0.05, 0) is 50.2 Å². The van der Waals surface area contributed by atoms with Crippen LogP contribution >= 0.6 is 0 Å². The Bertz CT molecular complexity index is 1340. The summed E-state index contributed by atoms with van der Waals surface area (Å²) >= 11 is 0. The smallest absolute Gasteiger partial charge is 0.307 e. The number of para-hydroxylation sites is 2. The third-order valence-corrected chi connectivity index (χ3v) is 6.68. The maximum atomic E-state index is 14.6. The standard InChI is InChI=1S/C29H32N6O4/c1-5-35(6-2,39-4)34(25-20-14-9-15-21-25)29(31-22(3)36)27(30-26(37)23-16-10-7-11-17-23)32-33(28(29)38)24-18-12-8-13-19-24/h7-21H,5-6H2,1-4H3,(H-,30,31,32,36,37)/p+1. The van der Waals surface area contributed by atoms with Crippen molar-refractivity contribution in [3.63, 3.8) is 0 Å². The van der Waals surface area contributed by atoms with Gasteiger partial charge in [-0.2, -0.15) is 9.85 Å². The van der Waals surface area contributed by atoms with Gasteiger partial charge in [-0.25, -0.2) is 0 Å². The molecule has 10 nitrogen and oxygen atoms in total. The molecule has 2 N–H and O–H groups in total. The number of amides is 3. The highest BCUT2D eigenvalue weighted by Gasteiger charge is 2.64. The summed E-state index contributed by atoms with van der Waals surface area (Å²) in [4.78, 5) is 47.1. The second-order valence-corrected chi connectivity index (χ2v) is 8.92. The fraction of sp³-hybridized carbons (Fsp3) is 0.241. The molecule has 0 fully saturated rings. The summed E-state index contributed by atoms with van der Waals surface area (Å²) in [6.07, 6.45) is 0. The summed E-state index contributed by atoms with van der Waals surface area (Å²) in [7, 11) is 1.54. The number of quaternary nitrogens is 1. The van der Waals surface area contributed by atoms with Gasteiger partial charge in [-0.1, -0.05) is 59.4 Å². The average molecular weight is 530 g/mol. The van der Waals surface area contributed by atoms with Crippen molar-refractivity contribution >= 4 is 34.9 Å². The Morgan fingerprint density at radius 3 is 1.97 bits per heavy atom. The molecule has 1 unspecified atom stereocenters. The van der Waals surface area contributed by atoms with Crippen LogP contribution in [-0.2, 0) is 14.4 Å². The van der Waals surface area contributed by atoms with E-state index in [4.69, 9.17) is 4.84 Å². The van der Waals surface area contributed by atoms with Crippen molar-refractivity contribution in [2.24, 2.45) is 5.10 Å². The summed E-state index contributed by atoms with van der Waals surface area (Å²) in [6.45, 7) is 5.93. The zero-order chi connectivity index (χ0) is 28.0. The highest BCUT2D eigenvalue weighted by molar-refractivity contribution is 6.28. The number of hydroxylamine groups is 2. The Labute approximate surface area is 228 Å². The maximum Gasteiger partial charge on any atom is 0.307 e. The summed E-state index contributed by atoms with van der Waals surface area (Å²) in [5.41, 5.74) is -0.568. The van der Waals surface area contributed by atoms with E-state index in [1.807, 2.05) is 50.2 Å². The van der Waals surface area contributed by atoms with E-state index in [1.165, 1.54) is 19.0 Å². The fourth-order valence-corrected chi connectivity index (χ4v) is 4.81. The van der Waals surface area contributed by atoms with Crippen molar-refractivity contribution in [2.75, 3.05) is 30.2 Å². The van der Waals surface area contributed by atoms with E-state index in [-0.39, 0.29) is 10.6 Å². The first-order valence-corrected chi connectivity index (χ1v) is 12.7. The minimum Gasteiger partial charge on any atom is -0.315 e. The molecule has 10 heteroatoms. The molecule has 0 radical (unpaired) electrons.